The maximum Gasteiger partial charge on any atom is 1.00 e. The van der Waals surface area contributed by atoms with Crippen LogP contribution < -0.4 is 69.3 Å². The summed E-state index contributed by atoms with van der Waals surface area (Å²) >= 11 is 0. The summed E-state index contributed by atoms with van der Waals surface area (Å²) < 4.78 is 0. The molecule has 0 amide bonds. The molecule has 94 valence electrons. The number of hydrogen-bond donors (Lipinski definition) is 0. The largest absolute Gasteiger partial charge is 1.00 e. The van der Waals surface area contributed by atoms with Crippen molar-refractivity contribution in [1.29, 1.82) is 0 Å². The van der Waals surface area contributed by atoms with Crippen molar-refractivity contribution in [3.63, 3.8) is 0 Å². The van der Waals surface area contributed by atoms with Gasteiger partial charge in [0.05, 0.1) is 0 Å². The van der Waals surface area contributed by atoms with Gasteiger partial charge >= 0.3 is 59.1 Å². The quantitative estimate of drug-likeness (QED) is 0.364. The first kappa shape index (κ1) is 24.6. The number of hydrogen-bond acceptors (Lipinski definition) is 2. The SMILES string of the molecule is CC(/C=C/C[O-])=C\C=C\C=C(C)\C=C(/C)C[O-].[Na+].[Na+]. The first-order valence-electron chi connectivity index (χ1n) is 5.62. The molecular weight excluding hydrogens is 258 g/mol. The van der Waals surface area contributed by atoms with E-state index < -0.39 is 0 Å². The van der Waals surface area contributed by atoms with E-state index >= 15 is 0 Å². The van der Waals surface area contributed by atoms with Crippen LogP contribution in [0.3, 0.4) is 0 Å². The number of allylic oxidation sites excluding steroid dienone is 8. The van der Waals surface area contributed by atoms with Gasteiger partial charge in [-0.15, -0.1) is 19.3 Å². The van der Waals surface area contributed by atoms with Gasteiger partial charge in [-0.05, 0) is 20.8 Å². The molecule has 0 aliphatic heterocycles. The normalized spacial score (nSPS) is 13.6. The zero-order valence-corrected chi connectivity index (χ0v) is 16.8. The summed E-state index contributed by atoms with van der Waals surface area (Å²) in [5.74, 6) is 0. The van der Waals surface area contributed by atoms with E-state index in [4.69, 9.17) is 0 Å². The van der Waals surface area contributed by atoms with Crippen molar-refractivity contribution in [2.45, 2.75) is 20.8 Å². The molecule has 4 heteroatoms. The molecule has 0 rings (SSSR count). The minimum atomic E-state index is -0.187. The minimum Gasteiger partial charge on any atom is -0.851 e. The van der Waals surface area contributed by atoms with Crippen LogP contribution in [0.15, 0.2) is 59.3 Å². The Bertz CT molecular complexity index is 364. The minimum absolute atomic E-state index is 0. The van der Waals surface area contributed by atoms with Crippen LogP contribution in [-0.4, -0.2) is 13.2 Å². The Morgan fingerprint density at radius 1 is 0.895 bits per heavy atom. The first-order chi connectivity index (χ1) is 8.10. The van der Waals surface area contributed by atoms with Gasteiger partial charge in [-0.25, -0.2) is 0 Å². The summed E-state index contributed by atoms with van der Waals surface area (Å²) in [6.45, 7) is 5.37. The van der Waals surface area contributed by atoms with E-state index in [1.165, 1.54) is 0 Å². The van der Waals surface area contributed by atoms with E-state index in [0.717, 1.165) is 16.7 Å². The van der Waals surface area contributed by atoms with E-state index in [2.05, 4.69) is 0 Å². The Balaban J connectivity index is -0.00000128. The van der Waals surface area contributed by atoms with Crippen LogP contribution in [0.25, 0.3) is 0 Å². The van der Waals surface area contributed by atoms with Gasteiger partial charge < -0.3 is 10.2 Å². The maximum absolute atomic E-state index is 10.5. The standard InChI is InChI=1S/C15H20O2.2Na/c1-13(9-6-10-16)7-4-5-8-14(2)11-15(3)12-17;;/h4-9,11H,10,12H2,1-3H3;;/q-2;2*+1/b5-4+,9-6+,13-7+,14-8+,15-11+;;. The predicted molar refractivity (Wildman–Crippen MR) is 69.3 cm³/mol. The van der Waals surface area contributed by atoms with Crippen LogP contribution in [0.1, 0.15) is 20.8 Å². The van der Waals surface area contributed by atoms with Gasteiger partial charge in [0.1, 0.15) is 0 Å². The van der Waals surface area contributed by atoms with Crippen LogP contribution in [0.4, 0.5) is 0 Å². The maximum atomic E-state index is 10.5. The second-order valence-corrected chi connectivity index (χ2v) is 3.91. The van der Waals surface area contributed by atoms with Gasteiger partial charge in [0.15, 0.2) is 0 Å². The van der Waals surface area contributed by atoms with E-state index in [0.29, 0.717) is 0 Å². The summed E-state index contributed by atoms with van der Waals surface area (Å²) in [6.07, 6.45) is 13.0. The van der Waals surface area contributed by atoms with Crippen molar-refractivity contribution in [2.24, 2.45) is 0 Å². The molecule has 0 radical (unpaired) electrons. The molecule has 0 spiro atoms. The van der Waals surface area contributed by atoms with Crippen molar-refractivity contribution < 1.29 is 69.3 Å². The molecule has 0 bridgehead atoms. The van der Waals surface area contributed by atoms with Crippen LogP contribution in [-0.2, 0) is 0 Å². The molecule has 19 heavy (non-hydrogen) atoms. The second kappa shape index (κ2) is 16.7. The average Bonchev–Trinajstić information content (AvgIpc) is 2.31. The van der Waals surface area contributed by atoms with E-state index in [-0.39, 0.29) is 72.3 Å². The van der Waals surface area contributed by atoms with Crippen molar-refractivity contribution >= 4 is 0 Å². The van der Waals surface area contributed by atoms with E-state index in [1.54, 1.807) is 12.2 Å². The van der Waals surface area contributed by atoms with Crippen LogP contribution in [0, 0.1) is 0 Å². The third-order valence-corrected chi connectivity index (χ3v) is 2.01. The molecule has 0 N–H and O–H groups in total. The summed E-state index contributed by atoms with van der Waals surface area (Å²) in [5, 5.41) is 20.7. The summed E-state index contributed by atoms with van der Waals surface area (Å²) in [5.41, 5.74) is 2.92. The Morgan fingerprint density at radius 3 is 1.89 bits per heavy atom. The molecule has 0 fully saturated rings. The molecule has 0 aliphatic carbocycles. The molecule has 0 aromatic heterocycles. The van der Waals surface area contributed by atoms with E-state index in [9.17, 15) is 10.2 Å². The molecule has 0 unspecified atom stereocenters. The summed E-state index contributed by atoms with van der Waals surface area (Å²) in [6, 6.07) is 0. The van der Waals surface area contributed by atoms with Gasteiger partial charge in [-0.1, -0.05) is 53.2 Å². The Kier molecular flexibility index (Phi) is 21.6. The second-order valence-electron chi connectivity index (χ2n) is 3.91. The van der Waals surface area contributed by atoms with Crippen molar-refractivity contribution in [1.82, 2.24) is 0 Å². The zero-order valence-electron chi connectivity index (χ0n) is 12.8. The fourth-order valence-electron chi connectivity index (χ4n) is 1.18. The average molecular weight is 278 g/mol. The molecule has 0 saturated heterocycles. The molecule has 0 aliphatic rings. The molecule has 0 atom stereocenters. The monoisotopic (exact) mass is 278 g/mol. The van der Waals surface area contributed by atoms with Gasteiger partial charge in [0.2, 0.25) is 0 Å². The van der Waals surface area contributed by atoms with Gasteiger partial charge in [-0.2, -0.15) is 0 Å². The summed E-state index contributed by atoms with van der Waals surface area (Å²) in [4.78, 5) is 0. The topological polar surface area (TPSA) is 46.1 Å². The Hall–Kier alpha value is 0.620. The Labute approximate surface area is 161 Å². The van der Waals surface area contributed by atoms with Crippen LogP contribution in [0.2, 0.25) is 0 Å². The fraction of sp³-hybridized carbons (Fsp3) is 0.333. The number of rotatable bonds is 6. The van der Waals surface area contributed by atoms with Crippen molar-refractivity contribution in [2.75, 3.05) is 13.2 Å². The third-order valence-electron chi connectivity index (χ3n) is 2.01. The predicted octanol–water partition coefficient (Wildman–Crippen LogP) is -4.33. The van der Waals surface area contributed by atoms with Gasteiger partial charge in [0, 0.05) is 0 Å². The van der Waals surface area contributed by atoms with Crippen molar-refractivity contribution in [3.8, 4) is 0 Å². The Morgan fingerprint density at radius 2 is 1.42 bits per heavy atom. The first-order valence-corrected chi connectivity index (χ1v) is 5.62. The van der Waals surface area contributed by atoms with E-state index in [1.807, 2.05) is 51.2 Å². The molecule has 0 saturated carbocycles. The van der Waals surface area contributed by atoms with Crippen LogP contribution >= 0.6 is 0 Å². The van der Waals surface area contributed by atoms with Gasteiger partial charge in [0.25, 0.3) is 0 Å². The molecule has 0 heterocycles. The molecule has 2 nitrogen and oxygen atoms in total. The molecule has 0 aromatic carbocycles. The third kappa shape index (κ3) is 16.6. The molecular formula is C15H20Na2O2. The molecule has 0 aromatic rings. The zero-order chi connectivity index (χ0) is 13.1. The summed E-state index contributed by atoms with van der Waals surface area (Å²) in [7, 11) is 0. The van der Waals surface area contributed by atoms with Gasteiger partial charge in [-0.3, -0.25) is 0 Å². The fourth-order valence-corrected chi connectivity index (χ4v) is 1.18. The van der Waals surface area contributed by atoms with Crippen LogP contribution in [0.5, 0.6) is 0 Å². The smallest absolute Gasteiger partial charge is 0.851 e. The van der Waals surface area contributed by atoms with Crippen molar-refractivity contribution in [3.05, 3.63) is 59.3 Å².